The summed E-state index contributed by atoms with van der Waals surface area (Å²) < 4.78 is 12.5. The smallest absolute Gasteiger partial charge is 0.419 e. The molecule has 0 saturated carbocycles. The van der Waals surface area contributed by atoms with E-state index in [1.54, 1.807) is 4.57 Å². The van der Waals surface area contributed by atoms with Crippen LogP contribution in [0.5, 0.6) is 5.75 Å². The van der Waals surface area contributed by atoms with Gasteiger partial charge in [0.05, 0.1) is 12.1 Å². The molecule has 0 saturated heterocycles. The van der Waals surface area contributed by atoms with Gasteiger partial charge in [0.25, 0.3) is 0 Å². The third kappa shape index (κ3) is 3.16. The molecule has 2 aromatic carbocycles. The fraction of sp³-hybridized carbons (Fsp3) is 0.235. The maximum Gasteiger partial charge on any atom is 0.419 e. The quantitative estimate of drug-likeness (QED) is 0.651. The first-order chi connectivity index (χ1) is 10.3. The highest BCUT2D eigenvalue weighted by atomic mass is 16.5. The van der Waals surface area contributed by atoms with Crippen molar-refractivity contribution in [2.45, 2.75) is 19.4 Å². The van der Waals surface area contributed by atoms with Gasteiger partial charge in [-0.3, -0.25) is 4.57 Å². The minimum Gasteiger partial charge on any atom is -0.494 e. The Kier molecular flexibility index (Phi) is 4.05. The molecule has 4 nitrogen and oxygen atoms in total. The number of hydrogen-bond donors (Lipinski definition) is 0. The van der Waals surface area contributed by atoms with Crippen LogP contribution in [-0.4, -0.2) is 11.2 Å². The van der Waals surface area contributed by atoms with Gasteiger partial charge in [-0.1, -0.05) is 30.3 Å². The Morgan fingerprint density at radius 3 is 2.57 bits per heavy atom. The maximum absolute atomic E-state index is 11.8. The Hall–Kier alpha value is -2.49. The average Bonchev–Trinajstić information content (AvgIpc) is 2.84. The van der Waals surface area contributed by atoms with Crippen molar-refractivity contribution in [1.82, 2.24) is 4.57 Å². The second-order valence-electron chi connectivity index (χ2n) is 4.86. The van der Waals surface area contributed by atoms with Crippen molar-refractivity contribution >= 4 is 11.1 Å². The van der Waals surface area contributed by atoms with E-state index >= 15 is 0 Å². The number of para-hydroxylation sites is 3. The van der Waals surface area contributed by atoms with Crippen LogP contribution in [0.4, 0.5) is 0 Å². The molecule has 0 aliphatic heterocycles. The molecule has 0 fully saturated rings. The lowest BCUT2D eigenvalue weighted by molar-refractivity contribution is 0.302. The lowest BCUT2D eigenvalue weighted by Gasteiger charge is -2.06. The minimum atomic E-state index is -0.292. The van der Waals surface area contributed by atoms with E-state index in [-0.39, 0.29) is 5.76 Å². The number of unbranched alkanes of at least 4 members (excludes halogenated alkanes) is 1. The summed E-state index contributed by atoms with van der Waals surface area (Å²) >= 11 is 0. The van der Waals surface area contributed by atoms with Crippen molar-refractivity contribution < 1.29 is 9.15 Å². The van der Waals surface area contributed by atoms with Crippen molar-refractivity contribution in [3.63, 3.8) is 0 Å². The first-order valence-electron chi connectivity index (χ1n) is 7.11. The van der Waals surface area contributed by atoms with Crippen LogP contribution in [0.25, 0.3) is 11.1 Å². The lowest BCUT2D eigenvalue weighted by atomic mass is 10.3. The van der Waals surface area contributed by atoms with Crippen molar-refractivity contribution in [1.29, 1.82) is 0 Å². The van der Waals surface area contributed by atoms with E-state index in [4.69, 9.17) is 9.15 Å². The summed E-state index contributed by atoms with van der Waals surface area (Å²) in [6, 6.07) is 17.2. The number of hydrogen-bond acceptors (Lipinski definition) is 3. The minimum absolute atomic E-state index is 0.292. The Balaban J connectivity index is 1.53. The van der Waals surface area contributed by atoms with E-state index in [0.717, 1.165) is 24.1 Å². The van der Waals surface area contributed by atoms with E-state index in [9.17, 15) is 4.79 Å². The zero-order chi connectivity index (χ0) is 14.5. The molecule has 0 amide bonds. The SMILES string of the molecule is O=c1oc2ccccc2n1CCCCOc1ccccc1. The lowest BCUT2D eigenvalue weighted by Crippen LogP contribution is -2.14. The Labute approximate surface area is 122 Å². The molecule has 3 aromatic rings. The monoisotopic (exact) mass is 283 g/mol. The second kappa shape index (κ2) is 6.31. The third-order valence-electron chi connectivity index (χ3n) is 3.36. The first-order valence-corrected chi connectivity index (χ1v) is 7.11. The molecule has 0 N–H and O–H groups in total. The van der Waals surface area contributed by atoms with Gasteiger partial charge in [-0.15, -0.1) is 0 Å². The molecule has 0 radical (unpaired) electrons. The van der Waals surface area contributed by atoms with Gasteiger partial charge in [-0.2, -0.15) is 0 Å². The highest BCUT2D eigenvalue weighted by Gasteiger charge is 2.07. The van der Waals surface area contributed by atoms with Gasteiger partial charge >= 0.3 is 5.76 Å². The number of rotatable bonds is 6. The van der Waals surface area contributed by atoms with Gasteiger partial charge in [0, 0.05) is 6.54 Å². The van der Waals surface area contributed by atoms with Crippen LogP contribution >= 0.6 is 0 Å². The van der Waals surface area contributed by atoms with Crippen LogP contribution in [0.3, 0.4) is 0 Å². The normalized spacial score (nSPS) is 10.9. The van der Waals surface area contributed by atoms with Crippen molar-refractivity contribution in [3.8, 4) is 5.75 Å². The Bertz CT molecular complexity index is 758. The van der Waals surface area contributed by atoms with E-state index in [2.05, 4.69) is 0 Å². The molecule has 108 valence electrons. The van der Waals surface area contributed by atoms with Gasteiger partial charge in [0.1, 0.15) is 5.75 Å². The van der Waals surface area contributed by atoms with Gasteiger partial charge in [0.15, 0.2) is 5.58 Å². The summed E-state index contributed by atoms with van der Waals surface area (Å²) in [5.74, 6) is 0.587. The van der Waals surface area contributed by atoms with Gasteiger partial charge in [-0.25, -0.2) is 4.79 Å². The molecule has 0 aliphatic rings. The molecule has 0 bridgehead atoms. The van der Waals surface area contributed by atoms with Crippen LogP contribution in [0.15, 0.2) is 63.8 Å². The summed E-state index contributed by atoms with van der Waals surface area (Å²) in [5.41, 5.74) is 1.49. The number of benzene rings is 2. The molecule has 3 rings (SSSR count). The standard InChI is InChI=1S/C17H17NO3/c19-17-18(15-10-4-5-11-16(15)21-17)12-6-7-13-20-14-8-2-1-3-9-14/h1-5,8-11H,6-7,12-13H2. The van der Waals surface area contributed by atoms with Crippen LogP contribution in [0.2, 0.25) is 0 Å². The number of nitrogens with zero attached hydrogens (tertiary/aromatic N) is 1. The van der Waals surface area contributed by atoms with Crippen molar-refractivity contribution in [2.24, 2.45) is 0 Å². The molecular weight excluding hydrogens is 266 g/mol. The molecule has 4 heteroatoms. The van der Waals surface area contributed by atoms with Gasteiger partial charge < -0.3 is 9.15 Å². The molecule has 21 heavy (non-hydrogen) atoms. The number of oxazole rings is 1. The van der Waals surface area contributed by atoms with Crippen LogP contribution in [0, 0.1) is 0 Å². The highest BCUT2D eigenvalue weighted by Crippen LogP contribution is 2.13. The predicted molar refractivity (Wildman–Crippen MR) is 81.6 cm³/mol. The number of fused-ring (bicyclic) bond motifs is 1. The molecule has 0 spiro atoms. The molecular formula is C17H17NO3. The van der Waals surface area contributed by atoms with Crippen molar-refractivity contribution in [3.05, 3.63) is 65.1 Å². The van der Waals surface area contributed by atoms with Gasteiger partial charge in [-0.05, 0) is 37.1 Å². The van der Waals surface area contributed by atoms with E-state index in [1.165, 1.54) is 0 Å². The first kappa shape index (κ1) is 13.5. The second-order valence-corrected chi connectivity index (χ2v) is 4.86. The Morgan fingerprint density at radius 1 is 0.952 bits per heavy atom. The number of aryl methyl sites for hydroxylation is 1. The summed E-state index contributed by atoms with van der Waals surface area (Å²) in [7, 11) is 0. The molecule has 1 aromatic heterocycles. The maximum atomic E-state index is 11.8. The molecule has 0 aliphatic carbocycles. The molecule has 1 heterocycles. The summed E-state index contributed by atoms with van der Waals surface area (Å²) in [4.78, 5) is 11.8. The topological polar surface area (TPSA) is 44.4 Å². The zero-order valence-electron chi connectivity index (χ0n) is 11.7. The van der Waals surface area contributed by atoms with E-state index in [1.807, 2.05) is 54.6 Å². The van der Waals surface area contributed by atoms with Crippen LogP contribution in [-0.2, 0) is 6.54 Å². The van der Waals surface area contributed by atoms with Crippen LogP contribution in [0.1, 0.15) is 12.8 Å². The fourth-order valence-corrected chi connectivity index (χ4v) is 2.30. The summed E-state index contributed by atoms with van der Waals surface area (Å²) in [6.07, 6.45) is 1.76. The Morgan fingerprint density at radius 2 is 1.71 bits per heavy atom. The van der Waals surface area contributed by atoms with Crippen LogP contribution < -0.4 is 10.5 Å². The summed E-state index contributed by atoms with van der Waals surface area (Å²) in [5, 5.41) is 0. The number of aromatic nitrogens is 1. The zero-order valence-corrected chi connectivity index (χ0v) is 11.7. The fourth-order valence-electron chi connectivity index (χ4n) is 2.30. The predicted octanol–water partition coefficient (Wildman–Crippen LogP) is 3.45. The average molecular weight is 283 g/mol. The summed E-state index contributed by atoms with van der Waals surface area (Å²) in [6.45, 7) is 1.29. The largest absolute Gasteiger partial charge is 0.494 e. The van der Waals surface area contributed by atoms with Crippen molar-refractivity contribution in [2.75, 3.05) is 6.61 Å². The van der Waals surface area contributed by atoms with E-state index in [0.29, 0.717) is 18.7 Å². The third-order valence-corrected chi connectivity index (χ3v) is 3.36. The van der Waals surface area contributed by atoms with E-state index < -0.39 is 0 Å². The highest BCUT2D eigenvalue weighted by molar-refractivity contribution is 5.72. The van der Waals surface area contributed by atoms with Gasteiger partial charge in [0.2, 0.25) is 0 Å². The molecule has 0 atom stereocenters. The number of ether oxygens (including phenoxy) is 1. The molecule has 0 unspecified atom stereocenters.